The Morgan fingerprint density at radius 1 is 1.47 bits per heavy atom. The van der Waals surface area contributed by atoms with Gasteiger partial charge in [0.1, 0.15) is 0 Å². The van der Waals surface area contributed by atoms with Gasteiger partial charge in [-0.3, -0.25) is 0 Å². The summed E-state index contributed by atoms with van der Waals surface area (Å²) >= 11 is 0. The van der Waals surface area contributed by atoms with Crippen LogP contribution in [-0.2, 0) is 14.6 Å². The Balaban J connectivity index is 1.99. The van der Waals surface area contributed by atoms with Crippen LogP contribution in [0.15, 0.2) is 29.2 Å². The van der Waals surface area contributed by atoms with Crippen molar-refractivity contribution in [1.82, 2.24) is 5.32 Å². The molecular weight excluding hydrogens is 264 g/mol. The van der Waals surface area contributed by atoms with Crippen LogP contribution in [0.1, 0.15) is 12.5 Å². The minimum atomic E-state index is -3.40. The van der Waals surface area contributed by atoms with E-state index in [0.29, 0.717) is 5.56 Å². The molecule has 0 saturated carbocycles. The molecule has 1 aromatic rings. The van der Waals surface area contributed by atoms with Crippen molar-refractivity contribution >= 4 is 9.84 Å². The second-order valence-electron chi connectivity index (χ2n) is 4.86. The first kappa shape index (κ1) is 14.0. The van der Waals surface area contributed by atoms with E-state index < -0.39 is 9.84 Å². The maximum Gasteiger partial charge on any atom is 0.180 e. The van der Waals surface area contributed by atoms with E-state index in [-0.39, 0.29) is 22.9 Å². The minimum absolute atomic E-state index is 0.0720. The van der Waals surface area contributed by atoms with E-state index in [4.69, 9.17) is 10.00 Å². The summed E-state index contributed by atoms with van der Waals surface area (Å²) in [5.41, 5.74) is 0.0986. The molecule has 0 amide bonds. The molecule has 1 aliphatic rings. The van der Waals surface area contributed by atoms with Gasteiger partial charge in [0.25, 0.3) is 0 Å². The fourth-order valence-corrected chi connectivity index (χ4v) is 2.98. The predicted octanol–water partition coefficient (Wildman–Crippen LogP) is 0.710. The molecule has 5 nitrogen and oxygen atoms in total. The molecule has 1 aliphatic heterocycles. The molecular formula is C13H16N2O3S. The van der Waals surface area contributed by atoms with Crippen molar-refractivity contribution in [3.63, 3.8) is 0 Å². The number of nitrogens with one attached hydrogen (secondary N) is 1. The predicted molar refractivity (Wildman–Crippen MR) is 70.4 cm³/mol. The maximum absolute atomic E-state index is 12.1. The van der Waals surface area contributed by atoms with Gasteiger partial charge in [-0.15, -0.1) is 0 Å². The molecule has 6 heteroatoms. The van der Waals surface area contributed by atoms with E-state index in [9.17, 15) is 8.42 Å². The number of ether oxygens (including phenoxy) is 1. The first-order chi connectivity index (χ1) is 8.95. The number of rotatable bonds is 5. The molecule has 0 aliphatic carbocycles. The third kappa shape index (κ3) is 3.32. The number of nitriles is 1. The van der Waals surface area contributed by atoms with Crippen molar-refractivity contribution in [2.45, 2.75) is 17.4 Å². The largest absolute Gasteiger partial charge is 0.372 e. The topological polar surface area (TPSA) is 79.2 Å². The second kappa shape index (κ2) is 5.29. The van der Waals surface area contributed by atoms with Gasteiger partial charge in [0.15, 0.2) is 9.84 Å². The Morgan fingerprint density at radius 2 is 2.21 bits per heavy atom. The van der Waals surface area contributed by atoms with Crippen molar-refractivity contribution in [3.05, 3.63) is 29.8 Å². The highest BCUT2D eigenvalue weighted by Crippen LogP contribution is 2.17. The fraction of sp³-hybridized carbons (Fsp3) is 0.462. The molecule has 0 radical (unpaired) electrons. The van der Waals surface area contributed by atoms with Gasteiger partial charge < -0.3 is 10.1 Å². The van der Waals surface area contributed by atoms with Gasteiger partial charge >= 0.3 is 0 Å². The monoisotopic (exact) mass is 280 g/mol. The van der Waals surface area contributed by atoms with Crippen LogP contribution in [0.2, 0.25) is 0 Å². The van der Waals surface area contributed by atoms with Crippen LogP contribution in [0, 0.1) is 11.3 Å². The molecule has 19 heavy (non-hydrogen) atoms. The molecule has 102 valence electrons. The quantitative estimate of drug-likeness (QED) is 0.859. The Morgan fingerprint density at radius 3 is 2.79 bits per heavy atom. The zero-order valence-corrected chi connectivity index (χ0v) is 11.5. The van der Waals surface area contributed by atoms with Gasteiger partial charge in [-0.05, 0) is 25.1 Å². The molecule has 1 heterocycles. The lowest BCUT2D eigenvalue weighted by molar-refractivity contribution is -0.0598. The summed E-state index contributed by atoms with van der Waals surface area (Å²) in [6, 6.07) is 7.98. The van der Waals surface area contributed by atoms with E-state index in [1.54, 1.807) is 12.1 Å². The summed E-state index contributed by atoms with van der Waals surface area (Å²) in [4.78, 5) is 0.173. The minimum Gasteiger partial charge on any atom is -0.372 e. The van der Waals surface area contributed by atoms with Crippen LogP contribution < -0.4 is 5.32 Å². The van der Waals surface area contributed by atoms with E-state index in [0.717, 1.165) is 13.1 Å². The first-order valence-electron chi connectivity index (χ1n) is 6.03. The Hall–Kier alpha value is -1.42. The molecule has 0 unspecified atom stereocenters. The third-order valence-electron chi connectivity index (χ3n) is 3.12. The summed E-state index contributed by atoms with van der Waals surface area (Å²) in [5.74, 6) is -0.0720. The van der Waals surface area contributed by atoms with Gasteiger partial charge in [-0.1, -0.05) is 6.07 Å². The lowest BCUT2D eigenvalue weighted by atomic mass is 10.0. The number of sulfone groups is 1. The number of hydrogen-bond donors (Lipinski definition) is 1. The summed E-state index contributed by atoms with van der Waals surface area (Å²) < 4.78 is 29.7. The van der Waals surface area contributed by atoms with Crippen LogP contribution in [-0.4, -0.2) is 39.5 Å². The van der Waals surface area contributed by atoms with Crippen molar-refractivity contribution in [2.24, 2.45) is 0 Å². The normalized spacial score (nSPS) is 17.5. The van der Waals surface area contributed by atoms with E-state index in [1.807, 2.05) is 13.0 Å². The first-order valence-corrected chi connectivity index (χ1v) is 7.68. The van der Waals surface area contributed by atoms with Gasteiger partial charge in [0, 0.05) is 13.1 Å². The molecule has 0 spiro atoms. The van der Waals surface area contributed by atoms with E-state index >= 15 is 0 Å². The zero-order chi connectivity index (χ0) is 13.9. The number of hydrogen-bond acceptors (Lipinski definition) is 5. The highest BCUT2D eigenvalue weighted by Gasteiger charge is 2.32. The van der Waals surface area contributed by atoms with Gasteiger partial charge in [0.2, 0.25) is 0 Å². The summed E-state index contributed by atoms with van der Waals surface area (Å²) in [7, 11) is -3.40. The summed E-state index contributed by atoms with van der Waals surface area (Å²) in [6.45, 7) is 3.61. The Kier molecular flexibility index (Phi) is 3.90. The van der Waals surface area contributed by atoms with Crippen molar-refractivity contribution in [1.29, 1.82) is 5.26 Å². The molecule has 0 atom stereocenters. The Bertz CT molecular complexity index is 601. The summed E-state index contributed by atoms with van der Waals surface area (Å²) in [6.07, 6.45) is 0. The molecule has 0 bridgehead atoms. The van der Waals surface area contributed by atoms with Crippen molar-refractivity contribution < 1.29 is 13.2 Å². The molecule has 1 fully saturated rings. The SMILES string of the molecule is CC1(OCCS(=O)(=O)c2cccc(C#N)c2)CNC1. The smallest absolute Gasteiger partial charge is 0.180 e. The molecule has 2 rings (SSSR count). The second-order valence-corrected chi connectivity index (χ2v) is 6.97. The molecule has 1 saturated heterocycles. The highest BCUT2D eigenvalue weighted by molar-refractivity contribution is 7.91. The molecule has 0 aromatic heterocycles. The van der Waals surface area contributed by atoms with Crippen LogP contribution >= 0.6 is 0 Å². The standard InChI is InChI=1S/C13H16N2O3S/c1-13(9-15-10-13)18-5-6-19(16,17)12-4-2-3-11(7-12)8-14/h2-4,7,15H,5-6,9-10H2,1H3. The lowest BCUT2D eigenvalue weighted by Gasteiger charge is -2.39. The van der Waals surface area contributed by atoms with Crippen LogP contribution in [0.5, 0.6) is 0 Å². The van der Waals surface area contributed by atoms with Crippen molar-refractivity contribution in [3.8, 4) is 6.07 Å². The molecule has 1 N–H and O–H groups in total. The Labute approximate surface area is 113 Å². The fourth-order valence-electron chi connectivity index (χ4n) is 1.85. The molecule has 1 aromatic carbocycles. The van der Waals surface area contributed by atoms with Gasteiger partial charge in [-0.25, -0.2) is 8.42 Å². The van der Waals surface area contributed by atoms with Gasteiger partial charge in [-0.2, -0.15) is 5.26 Å². The lowest BCUT2D eigenvalue weighted by Crippen LogP contribution is -2.59. The van der Waals surface area contributed by atoms with Gasteiger partial charge in [0.05, 0.1) is 34.5 Å². The summed E-state index contributed by atoms with van der Waals surface area (Å²) in [5, 5.41) is 11.9. The van der Waals surface area contributed by atoms with Crippen LogP contribution in [0.25, 0.3) is 0 Å². The average Bonchev–Trinajstić information content (AvgIpc) is 2.36. The average molecular weight is 280 g/mol. The highest BCUT2D eigenvalue weighted by atomic mass is 32.2. The van der Waals surface area contributed by atoms with E-state index in [2.05, 4.69) is 5.32 Å². The van der Waals surface area contributed by atoms with Crippen LogP contribution in [0.4, 0.5) is 0 Å². The van der Waals surface area contributed by atoms with Crippen LogP contribution in [0.3, 0.4) is 0 Å². The third-order valence-corrected chi connectivity index (χ3v) is 4.80. The van der Waals surface area contributed by atoms with E-state index in [1.165, 1.54) is 12.1 Å². The van der Waals surface area contributed by atoms with Crippen molar-refractivity contribution in [2.75, 3.05) is 25.4 Å². The number of nitrogens with zero attached hydrogens (tertiary/aromatic N) is 1. The number of benzene rings is 1. The maximum atomic E-state index is 12.1. The zero-order valence-electron chi connectivity index (χ0n) is 10.7.